The SMILES string of the molecule is Cc1ccc(NC(=O)CNC(=O)c2cccc(Cl)c2)c(O)c1. The van der Waals surface area contributed by atoms with Crippen molar-refractivity contribution < 1.29 is 14.7 Å². The molecule has 2 rings (SSSR count). The molecule has 2 amide bonds. The summed E-state index contributed by atoms with van der Waals surface area (Å²) < 4.78 is 0. The number of nitrogens with one attached hydrogen (secondary N) is 2. The van der Waals surface area contributed by atoms with Gasteiger partial charge in [-0.15, -0.1) is 0 Å². The lowest BCUT2D eigenvalue weighted by atomic mass is 10.2. The number of aromatic hydroxyl groups is 1. The van der Waals surface area contributed by atoms with E-state index in [2.05, 4.69) is 10.6 Å². The zero-order valence-electron chi connectivity index (χ0n) is 11.9. The number of rotatable bonds is 4. The van der Waals surface area contributed by atoms with Gasteiger partial charge in [0.15, 0.2) is 0 Å². The van der Waals surface area contributed by atoms with E-state index in [0.29, 0.717) is 16.3 Å². The topological polar surface area (TPSA) is 78.4 Å². The predicted octanol–water partition coefficient (Wildman–Crippen LogP) is 2.72. The predicted molar refractivity (Wildman–Crippen MR) is 85.3 cm³/mol. The van der Waals surface area contributed by atoms with Crippen LogP contribution in [0.15, 0.2) is 42.5 Å². The van der Waals surface area contributed by atoms with Crippen LogP contribution in [0.1, 0.15) is 15.9 Å². The van der Waals surface area contributed by atoms with Crippen LogP contribution < -0.4 is 10.6 Å². The lowest BCUT2D eigenvalue weighted by Crippen LogP contribution is -2.32. The molecule has 0 radical (unpaired) electrons. The fraction of sp³-hybridized carbons (Fsp3) is 0.125. The van der Waals surface area contributed by atoms with E-state index >= 15 is 0 Å². The Balaban J connectivity index is 1.91. The van der Waals surface area contributed by atoms with Crippen LogP contribution in [-0.2, 0) is 4.79 Å². The highest BCUT2D eigenvalue weighted by Gasteiger charge is 2.10. The van der Waals surface area contributed by atoms with Crippen molar-refractivity contribution in [2.45, 2.75) is 6.92 Å². The summed E-state index contributed by atoms with van der Waals surface area (Å²) >= 11 is 5.80. The fourth-order valence-electron chi connectivity index (χ4n) is 1.83. The number of carbonyl (C=O) groups excluding carboxylic acids is 2. The van der Waals surface area contributed by atoms with E-state index in [4.69, 9.17) is 11.6 Å². The maximum absolute atomic E-state index is 11.9. The van der Waals surface area contributed by atoms with E-state index in [9.17, 15) is 14.7 Å². The molecular formula is C16H15ClN2O3. The van der Waals surface area contributed by atoms with E-state index in [1.165, 1.54) is 6.07 Å². The van der Waals surface area contributed by atoms with E-state index < -0.39 is 11.8 Å². The van der Waals surface area contributed by atoms with Gasteiger partial charge >= 0.3 is 0 Å². The van der Waals surface area contributed by atoms with E-state index in [1.54, 1.807) is 36.4 Å². The number of amides is 2. The van der Waals surface area contributed by atoms with Gasteiger partial charge in [0, 0.05) is 10.6 Å². The van der Waals surface area contributed by atoms with Crippen molar-refractivity contribution in [3.63, 3.8) is 0 Å². The molecule has 2 aromatic rings. The van der Waals surface area contributed by atoms with Gasteiger partial charge in [-0.3, -0.25) is 9.59 Å². The van der Waals surface area contributed by atoms with E-state index in [-0.39, 0.29) is 12.3 Å². The number of anilines is 1. The molecule has 0 atom stereocenters. The van der Waals surface area contributed by atoms with Gasteiger partial charge in [0.1, 0.15) is 5.75 Å². The van der Waals surface area contributed by atoms with E-state index in [1.807, 2.05) is 6.92 Å². The first-order valence-electron chi connectivity index (χ1n) is 6.59. The molecule has 0 aliphatic heterocycles. The Labute approximate surface area is 132 Å². The Hall–Kier alpha value is -2.53. The average molecular weight is 319 g/mol. The minimum Gasteiger partial charge on any atom is -0.506 e. The Morgan fingerprint density at radius 1 is 1.18 bits per heavy atom. The summed E-state index contributed by atoms with van der Waals surface area (Å²) in [5.74, 6) is -0.852. The quantitative estimate of drug-likeness (QED) is 0.758. The first-order chi connectivity index (χ1) is 10.5. The zero-order chi connectivity index (χ0) is 16.1. The Morgan fingerprint density at radius 2 is 1.95 bits per heavy atom. The van der Waals surface area contributed by atoms with Gasteiger partial charge in [0.2, 0.25) is 5.91 Å². The first kappa shape index (κ1) is 15.9. The molecule has 0 aromatic heterocycles. The largest absolute Gasteiger partial charge is 0.506 e. The monoisotopic (exact) mass is 318 g/mol. The van der Waals surface area contributed by atoms with Crippen molar-refractivity contribution in [2.75, 3.05) is 11.9 Å². The molecule has 22 heavy (non-hydrogen) atoms. The van der Waals surface area contributed by atoms with Crippen molar-refractivity contribution in [1.29, 1.82) is 0 Å². The number of hydrogen-bond acceptors (Lipinski definition) is 3. The van der Waals surface area contributed by atoms with Crippen LogP contribution in [-0.4, -0.2) is 23.5 Å². The highest BCUT2D eigenvalue weighted by atomic mass is 35.5. The molecule has 3 N–H and O–H groups in total. The summed E-state index contributed by atoms with van der Waals surface area (Å²) in [6.45, 7) is 1.62. The second-order valence-corrected chi connectivity index (χ2v) is 5.20. The molecule has 0 saturated carbocycles. The third-order valence-electron chi connectivity index (χ3n) is 2.92. The molecule has 0 aliphatic carbocycles. The summed E-state index contributed by atoms with van der Waals surface area (Å²) in [5.41, 5.74) is 1.55. The minimum atomic E-state index is -0.436. The molecular weight excluding hydrogens is 304 g/mol. The normalized spacial score (nSPS) is 10.1. The average Bonchev–Trinajstić information content (AvgIpc) is 2.47. The Bertz CT molecular complexity index is 716. The summed E-state index contributed by atoms with van der Waals surface area (Å²) in [6, 6.07) is 11.3. The van der Waals surface area contributed by atoms with Crippen LogP contribution >= 0.6 is 11.6 Å². The van der Waals surface area contributed by atoms with E-state index in [0.717, 1.165) is 5.56 Å². The van der Waals surface area contributed by atoms with Crippen molar-refractivity contribution in [1.82, 2.24) is 5.32 Å². The molecule has 0 spiro atoms. The molecule has 0 aliphatic rings. The van der Waals surface area contributed by atoms with Crippen molar-refractivity contribution >= 4 is 29.1 Å². The number of carbonyl (C=O) groups is 2. The minimum absolute atomic E-state index is 0.0190. The third kappa shape index (κ3) is 4.23. The van der Waals surface area contributed by atoms with Gasteiger partial charge in [-0.1, -0.05) is 23.7 Å². The first-order valence-corrected chi connectivity index (χ1v) is 6.97. The second kappa shape index (κ2) is 6.95. The van der Waals surface area contributed by atoms with Crippen LogP contribution in [0.5, 0.6) is 5.75 Å². The van der Waals surface area contributed by atoms with Crippen molar-refractivity contribution in [2.24, 2.45) is 0 Å². The molecule has 0 fully saturated rings. The van der Waals surface area contributed by atoms with Gasteiger partial charge in [0.05, 0.1) is 12.2 Å². The lowest BCUT2D eigenvalue weighted by molar-refractivity contribution is -0.115. The van der Waals surface area contributed by atoms with Crippen LogP contribution in [0.3, 0.4) is 0 Å². The van der Waals surface area contributed by atoms with Gasteiger partial charge in [0.25, 0.3) is 5.91 Å². The molecule has 0 saturated heterocycles. The molecule has 0 bridgehead atoms. The number of benzene rings is 2. The lowest BCUT2D eigenvalue weighted by Gasteiger charge is -2.09. The summed E-state index contributed by atoms with van der Waals surface area (Å²) in [7, 11) is 0. The fourth-order valence-corrected chi connectivity index (χ4v) is 2.02. The van der Waals surface area contributed by atoms with Crippen LogP contribution in [0.2, 0.25) is 5.02 Å². The molecule has 2 aromatic carbocycles. The molecule has 114 valence electrons. The Kier molecular flexibility index (Phi) is 5.01. The summed E-state index contributed by atoms with van der Waals surface area (Å²) in [4.78, 5) is 23.7. The highest BCUT2D eigenvalue weighted by Crippen LogP contribution is 2.23. The third-order valence-corrected chi connectivity index (χ3v) is 3.16. The van der Waals surface area contributed by atoms with Crippen molar-refractivity contribution in [3.05, 3.63) is 58.6 Å². The van der Waals surface area contributed by atoms with Gasteiger partial charge in [-0.25, -0.2) is 0 Å². The maximum Gasteiger partial charge on any atom is 0.251 e. The number of hydrogen-bond donors (Lipinski definition) is 3. The van der Waals surface area contributed by atoms with Gasteiger partial charge in [-0.2, -0.15) is 0 Å². The van der Waals surface area contributed by atoms with Gasteiger partial charge in [-0.05, 0) is 42.8 Å². The molecule has 5 nitrogen and oxygen atoms in total. The standard InChI is InChI=1S/C16H15ClN2O3/c1-10-5-6-13(14(20)7-10)19-15(21)9-18-16(22)11-3-2-4-12(17)8-11/h2-8,20H,9H2,1H3,(H,18,22)(H,19,21). The smallest absolute Gasteiger partial charge is 0.251 e. The maximum atomic E-state index is 11.9. The number of halogens is 1. The van der Waals surface area contributed by atoms with Crippen molar-refractivity contribution in [3.8, 4) is 5.75 Å². The van der Waals surface area contributed by atoms with Crippen LogP contribution in [0.4, 0.5) is 5.69 Å². The molecule has 0 heterocycles. The number of phenolic OH excluding ortho intramolecular Hbond substituents is 1. The Morgan fingerprint density at radius 3 is 2.64 bits per heavy atom. The van der Waals surface area contributed by atoms with Crippen LogP contribution in [0, 0.1) is 6.92 Å². The summed E-state index contributed by atoms with van der Waals surface area (Å²) in [5, 5.41) is 15.2. The van der Waals surface area contributed by atoms with Crippen LogP contribution in [0.25, 0.3) is 0 Å². The highest BCUT2D eigenvalue weighted by molar-refractivity contribution is 6.31. The summed E-state index contributed by atoms with van der Waals surface area (Å²) in [6.07, 6.45) is 0. The molecule has 6 heteroatoms. The number of aryl methyl sites for hydroxylation is 1. The molecule has 0 unspecified atom stereocenters. The number of phenols is 1. The van der Waals surface area contributed by atoms with Gasteiger partial charge < -0.3 is 15.7 Å². The second-order valence-electron chi connectivity index (χ2n) is 4.76. The zero-order valence-corrected chi connectivity index (χ0v) is 12.6.